The van der Waals surface area contributed by atoms with E-state index in [4.69, 9.17) is 33.2 Å². The van der Waals surface area contributed by atoms with E-state index < -0.39 is 0 Å². The third-order valence-corrected chi connectivity index (χ3v) is 9.27. The minimum atomic E-state index is 0.0285. The van der Waals surface area contributed by atoms with Gasteiger partial charge >= 0.3 is 0 Å². The Labute approximate surface area is 339 Å². The Morgan fingerprint density at radius 2 is 0.750 bits per heavy atom. The molecule has 0 radical (unpaired) electrons. The number of rotatable bonds is 23. The minimum Gasteiger partial charge on any atom is -0.494 e. The molecule has 0 aliphatic heterocycles. The van der Waals surface area contributed by atoms with E-state index in [2.05, 4.69) is 74.2 Å². The largest absolute Gasteiger partial charge is 0.494 e. The maximum Gasteiger partial charge on any atom is 0.119 e. The molecular formula is C48H71NO7. The molecular weight excluding hydrogens is 703 g/mol. The van der Waals surface area contributed by atoms with Crippen LogP contribution in [-0.4, -0.2) is 79.7 Å². The van der Waals surface area contributed by atoms with Crippen LogP contribution in [0.1, 0.15) is 91.3 Å². The average molecular weight is 774 g/mol. The first-order valence-corrected chi connectivity index (χ1v) is 20.6. The van der Waals surface area contributed by atoms with E-state index in [1.165, 1.54) is 22.4 Å². The van der Waals surface area contributed by atoms with Gasteiger partial charge in [0.05, 0.1) is 46.2 Å². The van der Waals surface area contributed by atoms with E-state index in [9.17, 15) is 0 Å². The highest BCUT2D eigenvalue weighted by Crippen LogP contribution is 2.34. The van der Waals surface area contributed by atoms with Crippen LogP contribution >= 0.6 is 0 Å². The van der Waals surface area contributed by atoms with Crippen molar-refractivity contribution in [3.05, 3.63) is 114 Å². The summed E-state index contributed by atoms with van der Waals surface area (Å²) >= 11 is 0. The molecule has 8 heteroatoms. The average Bonchev–Trinajstić information content (AvgIpc) is 3.23. The van der Waals surface area contributed by atoms with Gasteiger partial charge in [-0.25, -0.2) is 0 Å². The molecule has 56 heavy (non-hydrogen) atoms. The highest BCUT2D eigenvalue weighted by molar-refractivity contribution is 5.49. The number of ether oxygens (including phenoxy) is 7. The van der Waals surface area contributed by atoms with Crippen molar-refractivity contribution >= 4 is 5.69 Å². The molecule has 0 amide bonds. The third-order valence-electron chi connectivity index (χ3n) is 9.27. The predicted molar refractivity (Wildman–Crippen MR) is 233 cm³/mol. The summed E-state index contributed by atoms with van der Waals surface area (Å²) in [5.41, 5.74) is 4.95. The highest BCUT2D eigenvalue weighted by atomic mass is 16.5. The summed E-state index contributed by atoms with van der Waals surface area (Å²) in [5.74, 6) is 3.75. The lowest BCUT2D eigenvalue weighted by atomic mass is 9.85. The van der Waals surface area contributed by atoms with E-state index in [-0.39, 0.29) is 11.3 Å². The molecule has 0 heterocycles. The maximum absolute atomic E-state index is 5.60. The van der Waals surface area contributed by atoms with Gasteiger partial charge in [-0.2, -0.15) is 0 Å². The topological polar surface area (TPSA) is 67.9 Å². The second kappa shape index (κ2) is 28.2. The summed E-state index contributed by atoms with van der Waals surface area (Å²) in [6.07, 6.45) is 1.01. The zero-order valence-electron chi connectivity index (χ0n) is 36.1. The molecule has 0 saturated heterocycles. The molecule has 0 atom stereocenters. The fourth-order valence-electron chi connectivity index (χ4n) is 6.23. The van der Waals surface area contributed by atoms with Gasteiger partial charge in [-0.3, -0.25) is 0 Å². The molecule has 8 nitrogen and oxygen atoms in total. The Kier molecular flexibility index (Phi) is 24.1. The lowest BCUT2D eigenvalue weighted by molar-refractivity contribution is -0.0582. The van der Waals surface area contributed by atoms with Crippen molar-refractivity contribution in [2.45, 2.75) is 74.7 Å². The van der Waals surface area contributed by atoms with Crippen LogP contribution in [0.5, 0.6) is 23.0 Å². The Bertz CT molecular complexity index is 1400. The summed E-state index contributed by atoms with van der Waals surface area (Å²) in [6, 6.07) is 33.3. The summed E-state index contributed by atoms with van der Waals surface area (Å²) in [4.78, 5) is 2.32. The van der Waals surface area contributed by atoms with Crippen molar-refractivity contribution in [1.82, 2.24) is 0 Å². The molecule has 0 N–H and O–H groups in total. The van der Waals surface area contributed by atoms with Gasteiger partial charge in [-0.05, 0) is 139 Å². The number of methoxy groups -OCH3 is 1. The normalized spacial score (nSPS) is 10.8. The van der Waals surface area contributed by atoms with Crippen molar-refractivity contribution in [2.24, 2.45) is 5.41 Å². The van der Waals surface area contributed by atoms with Crippen molar-refractivity contribution in [3.8, 4) is 23.0 Å². The molecule has 4 rings (SSSR count). The predicted octanol–water partition coefficient (Wildman–Crippen LogP) is 11.1. The van der Waals surface area contributed by atoms with Gasteiger partial charge in [0.15, 0.2) is 0 Å². The van der Waals surface area contributed by atoms with Crippen molar-refractivity contribution < 1.29 is 33.2 Å². The molecule has 0 spiro atoms. The van der Waals surface area contributed by atoms with Crippen molar-refractivity contribution in [3.63, 3.8) is 0 Å². The first kappa shape index (κ1) is 47.9. The Morgan fingerprint density at radius 1 is 0.429 bits per heavy atom. The SMILES string of the molecule is CCOCC(CC)(COC)COCC.CCOc1ccc(C(c2ccc(OCC)cc2)c2ccc(OCC)cc2)cc1.CCOc1ccc(N(CC)CC)cc1. The van der Waals surface area contributed by atoms with Gasteiger partial charge in [-0.15, -0.1) is 0 Å². The molecule has 0 aromatic heterocycles. The molecule has 310 valence electrons. The van der Waals surface area contributed by atoms with E-state index in [0.717, 1.165) is 62.3 Å². The molecule has 0 unspecified atom stereocenters. The standard InChI is InChI=1S/C25H28O3.C12H19NO.C11H24O3/c1-4-26-22-13-7-19(8-14-22)25(20-9-15-23(16-10-20)27-5-2)21-11-17-24(18-12-21)28-6-3;1-4-13(5-2)11-7-9-12(10-8-11)14-6-3;1-5-11(8-12-4,9-13-6-2)10-14-7-3/h7-18,25H,4-6H2,1-3H3;7-10H,4-6H2,1-3H3;5-10H2,1-4H3. The van der Waals surface area contributed by atoms with Crippen LogP contribution in [0.3, 0.4) is 0 Å². The van der Waals surface area contributed by atoms with Crippen LogP contribution in [0.25, 0.3) is 0 Å². The molecule has 0 aliphatic carbocycles. The first-order valence-electron chi connectivity index (χ1n) is 20.6. The first-order chi connectivity index (χ1) is 27.3. The zero-order valence-corrected chi connectivity index (χ0v) is 36.1. The Morgan fingerprint density at radius 3 is 1.00 bits per heavy atom. The van der Waals surface area contributed by atoms with E-state index in [1.807, 2.05) is 90.1 Å². The van der Waals surface area contributed by atoms with Crippen LogP contribution in [0.2, 0.25) is 0 Å². The number of hydrogen-bond acceptors (Lipinski definition) is 8. The maximum atomic E-state index is 5.60. The highest BCUT2D eigenvalue weighted by Gasteiger charge is 2.29. The second-order valence-electron chi connectivity index (χ2n) is 13.1. The smallest absolute Gasteiger partial charge is 0.119 e. The van der Waals surface area contributed by atoms with Gasteiger partial charge in [0, 0.05) is 50.4 Å². The van der Waals surface area contributed by atoms with Crippen LogP contribution in [-0.2, 0) is 14.2 Å². The summed E-state index contributed by atoms with van der Waals surface area (Å²) in [5, 5.41) is 0. The van der Waals surface area contributed by atoms with Gasteiger partial charge < -0.3 is 38.1 Å². The molecule has 4 aromatic carbocycles. The number of nitrogens with zero attached hydrogens (tertiary/aromatic N) is 1. The molecule has 0 aliphatic rings. The minimum absolute atomic E-state index is 0.0285. The van der Waals surface area contributed by atoms with Gasteiger partial charge in [0.1, 0.15) is 23.0 Å². The van der Waals surface area contributed by atoms with E-state index >= 15 is 0 Å². The summed E-state index contributed by atoms with van der Waals surface area (Å²) < 4.78 is 38.4. The summed E-state index contributed by atoms with van der Waals surface area (Å²) in [7, 11) is 1.72. The number of hydrogen-bond donors (Lipinski definition) is 0. The van der Waals surface area contributed by atoms with Crippen LogP contribution in [0.4, 0.5) is 5.69 Å². The van der Waals surface area contributed by atoms with Crippen LogP contribution in [0, 0.1) is 5.41 Å². The van der Waals surface area contributed by atoms with Gasteiger partial charge in [0.2, 0.25) is 0 Å². The van der Waals surface area contributed by atoms with Crippen molar-refractivity contribution in [2.75, 3.05) is 84.6 Å². The lowest BCUT2D eigenvalue weighted by Crippen LogP contribution is -2.36. The fourth-order valence-corrected chi connectivity index (χ4v) is 6.23. The fraction of sp³-hybridized carbons (Fsp3) is 0.500. The number of benzene rings is 4. The van der Waals surface area contributed by atoms with Crippen LogP contribution in [0.15, 0.2) is 97.1 Å². The monoisotopic (exact) mass is 774 g/mol. The van der Waals surface area contributed by atoms with E-state index in [1.54, 1.807) is 7.11 Å². The Balaban J connectivity index is 0.000000326. The molecule has 0 fully saturated rings. The van der Waals surface area contributed by atoms with Crippen molar-refractivity contribution in [1.29, 1.82) is 0 Å². The zero-order chi connectivity index (χ0) is 41.0. The Hall–Kier alpha value is -4.24. The molecule has 4 aromatic rings. The summed E-state index contributed by atoms with van der Waals surface area (Å²) in [6.45, 7) is 26.9. The quantitative estimate of drug-likeness (QED) is 0.0690. The molecule has 0 bridgehead atoms. The third kappa shape index (κ3) is 16.5. The molecule has 0 saturated carbocycles. The lowest BCUT2D eigenvalue weighted by Gasteiger charge is -2.31. The van der Waals surface area contributed by atoms with E-state index in [0.29, 0.717) is 39.6 Å². The number of anilines is 1. The second-order valence-corrected chi connectivity index (χ2v) is 13.1. The van der Waals surface area contributed by atoms with Gasteiger partial charge in [0.25, 0.3) is 0 Å². The van der Waals surface area contributed by atoms with Crippen LogP contribution < -0.4 is 23.8 Å². The van der Waals surface area contributed by atoms with Gasteiger partial charge in [-0.1, -0.05) is 43.3 Å².